The fraction of sp³-hybridized carbons (Fsp3) is 0.545. The monoisotopic (exact) mass is 354 g/mol. The average Bonchev–Trinajstić information content (AvgIpc) is 2.95. The van der Waals surface area contributed by atoms with Crippen LogP contribution in [0.4, 0.5) is 0 Å². The molecule has 140 valence electrons. The second kappa shape index (κ2) is 7.75. The molecular weight excluding hydrogens is 324 g/mol. The van der Waals surface area contributed by atoms with Crippen LogP contribution in [-0.2, 0) is 11.2 Å². The van der Waals surface area contributed by atoms with Crippen LogP contribution in [0.15, 0.2) is 23.9 Å². The number of nitrogens with one attached hydrogen (secondary N) is 1. The van der Waals surface area contributed by atoms with Crippen LogP contribution in [-0.4, -0.2) is 42.6 Å². The molecule has 0 unspecified atom stereocenters. The highest BCUT2D eigenvalue weighted by Gasteiger charge is 2.29. The first-order valence-corrected chi connectivity index (χ1v) is 9.74. The molecular formula is C22H30N2O2. The molecule has 1 fully saturated rings. The molecule has 2 aliphatic carbocycles. The quantitative estimate of drug-likeness (QED) is 0.648. The Morgan fingerprint density at radius 2 is 1.88 bits per heavy atom. The van der Waals surface area contributed by atoms with Gasteiger partial charge in [-0.1, -0.05) is 19.1 Å². The molecule has 1 aromatic rings. The minimum absolute atomic E-state index is 0.0412. The van der Waals surface area contributed by atoms with Gasteiger partial charge in [0.25, 0.3) is 0 Å². The molecule has 26 heavy (non-hydrogen) atoms. The zero-order valence-corrected chi connectivity index (χ0v) is 16.4. The summed E-state index contributed by atoms with van der Waals surface area (Å²) in [6.07, 6.45) is 5.90. The van der Waals surface area contributed by atoms with Crippen LogP contribution in [0.3, 0.4) is 0 Å². The number of carbonyl (C=O) groups excluding carboxylic acids is 2. The van der Waals surface area contributed by atoms with Gasteiger partial charge >= 0.3 is 0 Å². The van der Waals surface area contributed by atoms with Gasteiger partial charge in [0.2, 0.25) is 0 Å². The highest BCUT2D eigenvalue weighted by molar-refractivity contribution is 6.26. The molecule has 0 spiro atoms. The molecule has 0 radical (unpaired) electrons. The minimum Gasteiger partial charge on any atom is -0.385 e. The highest BCUT2D eigenvalue weighted by Crippen LogP contribution is 2.34. The summed E-state index contributed by atoms with van der Waals surface area (Å²) in [6, 6.07) is 6.77. The Hall–Kier alpha value is -1.94. The van der Waals surface area contributed by atoms with E-state index in [1.165, 1.54) is 12.8 Å². The van der Waals surface area contributed by atoms with Gasteiger partial charge in [0, 0.05) is 35.3 Å². The van der Waals surface area contributed by atoms with Crippen LogP contribution in [0.5, 0.6) is 0 Å². The van der Waals surface area contributed by atoms with Crippen molar-refractivity contribution in [2.75, 3.05) is 14.1 Å². The normalized spacial score (nSPS) is 24.6. The van der Waals surface area contributed by atoms with E-state index < -0.39 is 0 Å². The SMILES string of the molecule is CC/C(N[C@H]1CC[C@H](N(C)C)CC1)=C1/C(=O)Cc2ccc(C(C)=O)cc21. The predicted octanol–water partition coefficient (Wildman–Crippen LogP) is 3.60. The van der Waals surface area contributed by atoms with E-state index in [1.54, 1.807) is 6.92 Å². The molecule has 0 bridgehead atoms. The predicted molar refractivity (Wildman–Crippen MR) is 105 cm³/mol. The Bertz CT molecular complexity index is 741. The first kappa shape index (κ1) is 18.8. The molecule has 1 saturated carbocycles. The van der Waals surface area contributed by atoms with Gasteiger partial charge in [0.05, 0.1) is 0 Å². The second-order valence-electron chi connectivity index (χ2n) is 7.85. The number of benzene rings is 1. The van der Waals surface area contributed by atoms with Crippen molar-refractivity contribution in [1.29, 1.82) is 0 Å². The lowest BCUT2D eigenvalue weighted by Crippen LogP contribution is -2.39. The third kappa shape index (κ3) is 3.75. The summed E-state index contributed by atoms with van der Waals surface area (Å²) in [5.74, 6) is 0.214. The van der Waals surface area contributed by atoms with Crippen molar-refractivity contribution in [2.24, 2.45) is 0 Å². The number of hydrogen-bond donors (Lipinski definition) is 1. The number of ketones is 2. The Kier molecular flexibility index (Phi) is 5.61. The summed E-state index contributed by atoms with van der Waals surface area (Å²) >= 11 is 0. The molecule has 4 heteroatoms. The maximum Gasteiger partial charge on any atom is 0.169 e. The largest absolute Gasteiger partial charge is 0.385 e. The smallest absolute Gasteiger partial charge is 0.169 e. The zero-order chi connectivity index (χ0) is 18.8. The van der Waals surface area contributed by atoms with Crippen LogP contribution in [0, 0.1) is 0 Å². The summed E-state index contributed by atoms with van der Waals surface area (Å²) in [4.78, 5) is 26.8. The molecule has 0 aromatic heterocycles. The Balaban J connectivity index is 1.85. The van der Waals surface area contributed by atoms with Crippen LogP contribution in [0.25, 0.3) is 5.57 Å². The average molecular weight is 354 g/mol. The number of carbonyl (C=O) groups is 2. The third-order valence-corrected chi connectivity index (χ3v) is 5.88. The van der Waals surface area contributed by atoms with Gasteiger partial charge in [-0.05, 0) is 70.3 Å². The molecule has 2 aliphatic rings. The molecule has 0 atom stereocenters. The van der Waals surface area contributed by atoms with Gasteiger partial charge in [0.15, 0.2) is 11.6 Å². The molecule has 0 saturated heterocycles. The standard InChI is InChI=1S/C22H30N2O2/c1-5-20(23-17-8-10-18(11-9-17)24(3)4)22-19-12-15(14(2)25)6-7-16(19)13-21(22)26/h6-7,12,17-18,23H,5,8-11,13H2,1-4H3/b22-20-/t17-,18-. The van der Waals surface area contributed by atoms with Gasteiger partial charge in [-0.2, -0.15) is 0 Å². The van der Waals surface area contributed by atoms with Crippen LogP contribution in [0.1, 0.15) is 67.4 Å². The lowest BCUT2D eigenvalue weighted by Gasteiger charge is -2.34. The maximum absolute atomic E-state index is 12.7. The van der Waals surface area contributed by atoms with Gasteiger partial charge in [-0.25, -0.2) is 0 Å². The van der Waals surface area contributed by atoms with Crippen molar-refractivity contribution in [2.45, 2.75) is 64.5 Å². The fourth-order valence-corrected chi connectivity index (χ4v) is 4.26. The number of allylic oxidation sites excluding steroid dienone is 2. The maximum atomic E-state index is 12.7. The Labute approximate surface area is 156 Å². The van der Waals surface area contributed by atoms with E-state index in [4.69, 9.17) is 0 Å². The zero-order valence-electron chi connectivity index (χ0n) is 16.4. The van der Waals surface area contributed by atoms with E-state index in [0.717, 1.165) is 41.7 Å². The summed E-state index contributed by atoms with van der Waals surface area (Å²) in [5, 5.41) is 3.68. The Morgan fingerprint density at radius 1 is 1.19 bits per heavy atom. The lowest BCUT2D eigenvalue weighted by atomic mass is 9.90. The molecule has 1 aromatic carbocycles. The molecule has 1 N–H and O–H groups in total. The molecule has 0 amide bonds. The third-order valence-electron chi connectivity index (χ3n) is 5.88. The second-order valence-corrected chi connectivity index (χ2v) is 7.85. The minimum atomic E-state index is 0.0412. The van der Waals surface area contributed by atoms with E-state index in [-0.39, 0.29) is 11.6 Å². The van der Waals surface area contributed by atoms with Crippen LogP contribution < -0.4 is 5.32 Å². The first-order valence-electron chi connectivity index (χ1n) is 9.74. The topological polar surface area (TPSA) is 49.4 Å². The van der Waals surface area contributed by atoms with Crippen molar-refractivity contribution in [3.8, 4) is 0 Å². The summed E-state index contributed by atoms with van der Waals surface area (Å²) < 4.78 is 0. The van der Waals surface area contributed by atoms with E-state index >= 15 is 0 Å². The summed E-state index contributed by atoms with van der Waals surface area (Å²) in [5.41, 5.74) is 4.52. The summed E-state index contributed by atoms with van der Waals surface area (Å²) in [6.45, 7) is 3.67. The van der Waals surface area contributed by atoms with Crippen molar-refractivity contribution < 1.29 is 9.59 Å². The number of Topliss-reactive ketones (excluding diaryl/α,β-unsaturated/α-hetero) is 2. The van der Waals surface area contributed by atoms with E-state index in [0.29, 0.717) is 24.1 Å². The fourth-order valence-electron chi connectivity index (χ4n) is 4.26. The van der Waals surface area contributed by atoms with Gasteiger partial charge in [0.1, 0.15) is 0 Å². The summed E-state index contributed by atoms with van der Waals surface area (Å²) in [7, 11) is 4.30. The van der Waals surface area contributed by atoms with E-state index in [9.17, 15) is 9.59 Å². The number of nitrogens with zero attached hydrogens (tertiary/aromatic N) is 1. The van der Waals surface area contributed by atoms with Crippen molar-refractivity contribution in [3.05, 3.63) is 40.6 Å². The molecule has 0 heterocycles. The number of rotatable bonds is 5. The van der Waals surface area contributed by atoms with Gasteiger partial charge in [-0.15, -0.1) is 0 Å². The Morgan fingerprint density at radius 3 is 2.46 bits per heavy atom. The van der Waals surface area contributed by atoms with Gasteiger partial charge in [-0.3, -0.25) is 9.59 Å². The van der Waals surface area contributed by atoms with Crippen LogP contribution >= 0.6 is 0 Å². The van der Waals surface area contributed by atoms with Crippen molar-refractivity contribution in [1.82, 2.24) is 10.2 Å². The molecule has 0 aliphatic heterocycles. The number of hydrogen-bond acceptors (Lipinski definition) is 4. The van der Waals surface area contributed by atoms with Crippen molar-refractivity contribution in [3.63, 3.8) is 0 Å². The van der Waals surface area contributed by atoms with Crippen molar-refractivity contribution >= 4 is 17.1 Å². The van der Waals surface area contributed by atoms with Crippen LogP contribution in [0.2, 0.25) is 0 Å². The lowest BCUT2D eigenvalue weighted by molar-refractivity contribution is -0.112. The molecule has 4 nitrogen and oxygen atoms in total. The van der Waals surface area contributed by atoms with E-state index in [1.807, 2.05) is 18.2 Å². The van der Waals surface area contributed by atoms with Gasteiger partial charge < -0.3 is 10.2 Å². The highest BCUT2D eigenvalue weighted by atomic mass is 16.1. The van der Waals surface area contributed by atoms with E-state index in [2.05, 4.69) is 31.2 Å². The number of fused-ring (bicyclic) bond motifs is 1. The molecule has 3 rings (SSSR count). The first-order chi connectivity index (χ1) is 12.4.